The average Bonchev–Trinajstić information content (AvgIpc) is 3.16. The Balaban J connectivity index is 2.33. The molecule has 2 amide bonds. The minimum atomic E-state index is -0.477. The smallest absolute Gasteiger partial charge is 0.407 e. The van der Waals surface area contributed by atoms with Gasteiger partial charge in [0.1, 0.15) is 25.4 Å². The van der Waals surface area contributed by atoms with Crippen molar-refractivity contribution in [3.63, 3.8) is 0 Å². The number of likely N-dealkylation sites (tertiary alicyclic amines) is 1. The molecule has 1 saturated heterocycles. The summed E-state index contributed by atoms with van der Waals surface area (Å²) < 4.78 is 21.9. The van der Waals surface area contributed by atoms with Crippen LogP contribution in [0.25, 0.3) is 0 Å². The summed E-state index contributed by atoms with van der Waals surface area (Å²) in [6.45, 7) is 13.6. The standard InChI is InChI=1S/C41H78N4O8/c1-5-9-11-13-15-18-22-36(7-3)52-40(48)42-26-34-50-38(46)24-30-45(33-32-44-28-20-17-21-29-44)31-25-39(47)51-35-27-43-41(49)53-37(8-4)23-19-16-14-12-10-6-2/h36-37H,5-35H2,1-4H3,(H,42,48)(H,43,49). The molecule has 2 atom stereocenters. The van der Waals surface area contributed by atoms with E-state index in [0.717, 1.165) is 77.5 Å². The highest BCUT2D eigenvalue weighted by molar-refractivity contribution is 5.71. The molecule has 1 aliphatic heterocycles. The Hall–Kier alpha value is -2.60. The van der Waals surface area contributed by atoms with Crippen molar-refractivity contribution in [1.82, 2.24) is 20.4 Å². The van der Waals surface area contributed by atoms with E-state index >= 15 is 0 Å². The van der Waals surface area contributed by atoms with Crippen LogP contribution in [0.4, 0.5) is 9.59 Å². The van der Waals surface area contributed by atoms with Crippen molar-refractivity contribution in [2.24, 2.45) is 0 Å². The summed E-state index contributed by atoms with van der Waals surface area (Å²) in [5.74, 6) is -0.703. The number of carbonyl (C=O) groups is 4. The summed E-state index contributed by atoms with van der Waals surface area (Å²) in [5.41, 5.74) is 0. The molecule has 2 N–H and O–H groups in total. The first-order chi connectivity index (χ1) is 25.8. The number of nitrogens with one attached hydrogen (secondary N) is 2. The molecule has 0 aromatic rings. The first-order valence-electron chi connectivity index (χ1n) is 21.5. The molecule has 0 aromatic carbocycles. The predicted molar refractivity (Wildman–Crippen MR) is 211 cm³/mol. The van der Waals surface area contributed by atoms with Crippen LogP contribution in [0.1, 0.15) is 163 Å². The Bertz CT molecular complexity index is 872. The number of esters is 2. The molecular formula is C41H78N4O8. The summed E-state index contributed by atoms with van der Waals surface area (Å²) in [6, 6.07) is 0. The molecule has 0 radical (unpaired) electrons. The van der Waals surface area contributed by atoms with Crippen molar-refractivity contribution >= 4 is 24.1 Å². The third-order valence-electron chi connectivity index (χ3n) is 9.93. The van der Waals surface area contributed by atoms with Gasteiger partial charge >= 0.3 is 24.1 Å². The number of alkyl carbamates (subject to hydrolysis) is 2. The van der Waals surface area contributed by atoms with Gasteiger partial charge < -0.3 is 39.4 Å². The second-order valence-electron chi connectivity index (χ2n) is 14.5. The fourth-order valence-corrected chi connectivity index (χ4v) is 6.46. The van der Waals surface area contributed by atoms with Crippen molar-refractivity contribution in [2.75, 3.05) is 65.6 Å². The largest absolute Gasteiger partial charge is 0.464 e. The Morgan fingerprint density at radius 1 is 0.585 bits per heavy atom. The Labute approximate surface area is 322 Å². The van der Waals surface area contributed by atoms with E-state index in [1.165, 1.54) is 70.6 Å². The third kappa shape index (κ3) is 28.5. The molecule has 1 heterocycles. The molecule has 0 spiro atoms. The van der Waals surface area contributed by atoms with Crippen LogP contribution >= 0.6 is 0 Å². The van der Waals surface area contributed by atoms with E-state index in [0.29, 0.717) is 13.1 Å². The second-order valence-corrected chi connectivity index (χ2v) is 14.5. The predicted octanol–water partition coefficient (Wildman–Crippen LogP) is 8.15. The van der Waals surface area contributed by atoms with Gasteiger partial charge in [-0.1, -0.05) is 98.3 Å². The fourth-order valence-electron chi connectivity index (χ4n) is 6.46. The number of rotatable bonds is 33. The van der Waals surface area contributed by atoms with E-state index in [-0.39, 0.29) is 63.3 Å². The zero-order valence-corrected chi connectivity index (χ0v) is 34.2. The molecule has 0 saturated carbocycles. The highest BCUT2D eigenvalue weighted by atomic mass is 16.6. The molecule has 1 fully saturated rings. The zero-order chi connectivity index (χ0) is 38.8. The van der Waals surface area contributed by atoms with E-state index in [9.17, 15) is 19.2 Å². The maximum Gasteiger partial charge on any atom is 0.407 e. The summed E-state index contributed by atoms with van der Waals surface area (Å²) in [4.78, 5) is 54.1. The SMILES string of the molecule is CCCCCCCCC(CC)OC(=O)NCCOC(=O)CCN(CCC(=O)OCCNC(=O)OC(CC)CCCCCCCC)CCN1CCCCC1. The maximum atomic E-state index is 12.5. The Kier molecular flexibility index (Phi) is 31.0. The van der Waals surface area contributed by atoms with Crippen molar-refractivity contribution in [1.29, 1.82) is 0 Å². The van der Waals surface area contributed by atoms with Gasteiger partial charge in [0.05, 0.1) is 25.9 Å². The number of hydrogen-bond donors (Lipinski definition) is 2. The zero-order valence-electron chi connectivity index (χ0n) is 34.2. The average molecular weight is 755 g/mol. The van der Waals surface area contributed by atoms with Crippen LogP contribution in [0.15, 0.2) is 0 Å². The van der Waals surface area contributed by atoms with Gasteiger partial charge in [0.2, 0.25) is 0 Å². The molecule has 53 heavy (non-hydrogen) atoms. The highest BCUT2D eigenvalue weighted by Crippen LogP contribution is 2.14. The molecule has 310 valence electrons. The van der Waals surface area contributed by atoms with Crippen LogP contribution in [-0.2, 0) is 28.5 Å². The van der Waals surface area contributed by atoms with Gasteiger partial charge in [-0.05, 0) is 64.5 Å². The molecule has 12 nitrogen and oxygen atoms in total. The van der Waals surface area contributed by atoms with Gasteiger partial charge in [-0.25, -0.2) is 9.59 Å². The number of unbranched alkanes of at least 4 members (excludes halogenated alkanes) is 10. The number of carbonyl (C=O) groups excluding carboxylic acids is 4. The number of hydrogen-bond acceptors (Lipinski definition) is 10. The van der Waals surface area contributed by atoms with Gasteiger partial charge in [0.15, 0.2) is 0 Å². The Morgan fingerprint density at radius 3 is 1.45 bits per heavy atom. The topological polar surface area (TPSA) is 136 Å². The van der Waals surface area contributed by atoms with Crippen molar-refractivity contribution in [3.8, 4) is 0 Å². The molecule has 12 heteroatoms. The van der Waals surface area contributed by atoms with E-state index in [1.807, 2.05) is 13.8 Å². The van der Waals surface area contributed by atoms with Crippen LogP contribution in [0.2, 0.25) is 0 Å². The van der Waals surface area contributed by atoms with Crippen LogP contribution in [-0.4, -0.2) is 112 Å². The first-order valence-corrected chi connectivity index (χ1v) is 21.5. The normalized spacial score (nSPS) is 14.4. The van der Waals surface area contributed by atoms with Crippen LogP contribution in [0.5, 0.6) is 0 Å². The van der Waals surface area contributed by atoms with E-state index in [2.05, 4.69) is 34.3 Å². The monoisotopic (exact) mass is 755 g/mol. The number of amides is 2. The lowest BCUT2D eigenvalue weighted by molar-refractivity contribution is -0.144. The number of nitrogens with zero attached hydrogens (tertiary/aromatic N) is 2. The molecule has 2 unspecified atom stereocenters. The lowest BCUT2D eigenvalue weighted by Gasteiger charge is -2.29. The van der Waals surface area contributed by atoms with E-state index in [1.54, 1.807) is 0 Å². The van der Waals surface area contributed by atoms with E-state index in [4.69, 9.17) is 18.9 Å². The number of piperidine rings is 1. The third-order valence-corrected chi connectivity index (χ3v) is 9.93. The molecule has 1 rings (SSSR count). The highest BCUT2D eigenvalue weighted by Gasteiger charge is 2.17. The van der Waals surface area contributed by atoms with Crippen molar-refractivity contribution < 1.29 is 38.1 Å². The summed E-state index contributed by atoms with van der Waals surface area (Å²) in [7, 11) is 0. The van der Waals surface area contributed by atoms with Gasteiger partial charge in [-0.15, -0.1) is 0 Å². The van der Waals surface area contributed by atoms with Crippen molar-refractivity contribution in [2.45, 2.75) is 175 Å². The minimum absolute atomic E-state index is 0.0715. The lowest BCUT2D eigenvalue weighted by atomic mass is 10.1. The molecule has 0 aliphatic carbocycles. The van der Waals surface area contributed by atoms with Crippen LogP contribution in [0, 0.1) is 0 Å². The summed E-state index contributed by atoms with van der Waals surface area (Å²) in [6.07, 6.45) is 20.5. The summed E-state index contributed by atoms with van der Waals surface area (Å²) >= 11 is 0. The molecule has 0 aromatic heterocycles. The van der Waals surface area contributed by atoms with Gasteiger partial charge in [0, 0.05) is 26.2 Å². The number of ether oxygens (including phenoxy) is 4. The molecule has 1 aliphatic rings. The second kappa shape index (κ2) is 33.9. The molecular weight excluding hydrogens is 676 g/mol. The van der Waals surface area contributed by atoms with E-state index < -0.39 is 12.2 Å². The Morgan fingerprint density at radius 2 is 1.02 bits per heavy atom. The summed E-state index contributed by atoms with van der Waals surface area (Å²) in [5, 5.41) is 5.38. The van der Waals surface area contributed by atoms with Crippen LogP contribution < -0.4 is 10.6 Å². The first kappa shape index (κ1) is 48.4. The van der Waals surface area contributed by atoms with Gasteiger partial charge in [-0.3, -0.25) is 9.59 Å². The van der Waals surface area contributed by atoms with Crippen LogP contribution in [0.3, 0.4) is 0 Å². The van der Waals surface area contributed by atoms with Gasteiger partial charge in [0.25, 0.3) is 0 Å². The van der Waals surface area contributed by atoms with Gasteiger partial charge in [-0.2, -0.15) is 0 Å². The lowest BCUT2D eigenvalue weighted by Crippen LogP contribution is -2.39. The maximum absolute atomic E-state index is 12.5. The quantitative estimate of drug-likeness (QED) is 0.0384. The van der Waals surface area contributed by atoms with Crippen molar-refractivity contribution in [3.05, 3.63) is 0 Å². The minimum Gasteiger partial charge on any atom is -0.464 e. The molecule has 0 bridgehead atoms. The fraction of sp³-hybridized carbons (Fsp3) is 0.902.